The summed E-state index contributed by atoms with van der Waals surface area (Å²) in [5, 5.41) is 14.4. The summed E-state index contributed by atoms with van der Waals surface area (Å²) in [5.41, 5.74) is 0.364. The van der Waals surface area contributed by atoms with Crippen LogP contribution in [0.2, 0.25) is 0 Å². The predicted octanol–water partition coefficient (Wildman–Crippen LogP) is 2.21. The van der Waals surface area contributed by atoms with Crippen molar-refractivity contribution < 1.29 is 19.1 Å². The summed E-state index contributed by atoms with van der Waals surface area (Å²) in [6.45, 7) is -0.0268. The van der Waals surface area contributed by atoms with Crippen LogP contribution in [0.3, 0.4) is 0 Å². The summed E-state index contributed by atoms with van der Waals surface area (Å²) in [6, 6.07) is 5.03. The quantitative estimate of drug-likeness (QED) is 0.727. The molecule has 5 nitrogen and oxygen atoms in total. The number of hydrogen-bond acceptors (Lipinski definition) is 3. The molecule has 6 heteroatoms. The molecule has 0 spiro atoms. The molecule has 1 aliphatic rings. The van der Waals surface area contributed by atoms with Gasteiger partial charge >= 0.3 is 11.8 Å². The van der Waals surface area contributed by atoms with E-state index < -0.39 is 17.6 Å². The molecule has 0 saturated heterocycles. The molecule has 1 atom stereocenters. The van der Waals surface area contributed by atoms with E-state index in [1.807, 2.05) is 0 Å². The van der Waals surface area contributed by atoms with Gasteiger partial charge in [-0.3, -0.25) is 9.59 Å². The zero-order valence-electron chi connectivity index (χ0n) is 13.1. The highest BCUT2D eigenvalue weighted by Crippen LogP contribution is 2.27. The minimum Gasteiger partial charge on any atom is -0.396 e. The molecule has 126 valence electrons. The fraction of sp³-hybridized carbons (Fsp3) is 0.529. The van der Waals surface area contributed by atoms with Crippen LogP contribution in [0.1, 0.15) is 38.5 Å². The van der Waals surface area contributed by atoms with E-state index in [1.54, 1.807) is 0 Å². The Morgan fingerprint density at radius 3 is 2.39 bits per heavy atom. The Kier molecular flexibility index (Phi) is 6.52. The number of hydrogen-bond donors (Lipinski definition) is 3. The topological polar surface area (TPSA) is 78.4 Å². The van der Waals surface area contributed by atoms with Crippen molar-refractivity contribution in [2.24, 2.45) is 5.92 Å². The number of halogens is 1. The summed E-state index contributed by atoms with van der Waals surface area (Å²) >= 11 is 0. The van der Waals surface area contributed by atoms with Gasteiger partial charge in [-0.05, 0) is 49.4 Å². The van der Waals surface area contributed by atoms with Crippen molar-refractivity contribution in [3.63, 3.8) is 0 Å². The van der Waals surface area contributed by atoms with Crippen molar-refractivity contribution in [1.82, 2.24) is 5.32 Å². The second-order valence-electron chi connectivity index (χ2n) is 5.95. The molecule has 2 amide bonds. The van der Waals surface area contributed by atoms with E-state index in [2.05, 4.69) is 10.6 Å². The summed E-state index contributed by atoms with van der Waals surface area (Å²) in [6.07, 6.45) is 5.88. The Balaban J connectivity index is 1.91. The minimum atomic E-state index is -0.782. The Hall–Kier alpha value is -1.95. The van der Waals surface area contributed by atoms with Crippen LogP contribution in [-0.2, 0) is 9.59 Å². The van der Waals surface area contributed by atoms with Crippen molar-refractivity contribution in [3.05, 3.63) is 30.1 Å². The number of carbonyl (C=O) groups excluding carboxylic acids is 2. The van der Waals surface area contributed by atoms with Gasteiger partial charge in [-0.2, -0.15) is 0 Å². The lowest BCUT2D eigenvalue weighted by molar-refractivity contribution is -0.137. The first-order chi connectivity index (χ1) is 11.1. The summed E-state index contributed by atoms with van der Waals surface area (Å²) in [5.74, 6) is -1.61. The Bertz CT molecular complexity index is 527. The second-order valence-corrected chi connectivity index (χ2v) is 5.95. The molecule has 0 aromatic heterocycles. The first kappa shape index (κ1) is 17.4. The van der Waals surface area contributed by atoms with Crippen molar-refractivity contribution in [1.29, 1.82) is 0 Å². The SMILES string of the molecule is O=C(Nc1ccc(F)cc1)C(=O)NC(CCO)C1CCCCC1. The van der Waals surface area contributed by atoms with Gasteiger partial charge in [0.2, 0.25) is 0 Å². The molecule has 3 N–H and O–H groups in total. The van der Waals surface area contributed by atoms with Crippen molar-refractivity contribution >= 4 is 17.5 Å². The highest BCUT2D eigenvalue weighted by atomic mass is 19.1. The number of anilines is 1. The van der Waals surface area contributed by atoms with Gasteiger partial charge in [0.1, 0.15) is 5.82 Å². The summed E-state index contributed by atoms with van der Waals surface area (Å²) < 4.78 is 12.8. The molecule has 0 bridgehead atoms. The molecule has 0 heterocycles. The maximum Gasteiger partial charge on any atom is 0.313 e. The first-order valence-corrected chi connectivity index (χ1v) is 8.08. The maximum atomic E-state index is 12.8. The monoisotopic (exact) mass is 322 g/mol. The zero-order chi connectivity index (χ0) is 16.7. The predicted molar refractivity (Wildman–Crippen MR) is 85.2 cm³/mol. The van der Waals surface area contributed by atoms with E-state index in [0.717, 1.165) is 25.7 Å². The Morgan fingerprint density at radius 1 is 1.13 bits per heavy atom. The second kappa shape index (κ2) is 8.62. The number of rotatable bonds is 5. The van der Waals surface area contributed by atoms with Gasteiger partial charge in [-0.1, -0.05) is 19.3 Å². The van der Waals surface area contributed by atoms with E-state index in [0.29, 0.717) is 18.0 Å². The molecule has 23 heavy (non-hydrogen) atoms. The number of benzene rings is 1. The zero-order valence-corrected chi connectivity index (χ0v) is 13.1. The molecular formula is C17H23FN2O3. The van der Waals surface area contributed by atoms with Gasteiger partial charge in [-0.25, -0.2) is 4.39 Å². The van der Waals surface area contributed by atoms with Crippen molar-refractivity contribution in [2.45, 2.75) is 44.6 Å². The van der Waals surface area contributed by atoms with Crippen LogP contribution in [-0.4, -0.2) is 29.6 Å². The highest BCUT2D eigenvalue weighted by Gasteiger charge is 2.26. The largest absolute Gasteiger partial charge is 0.396 e. The van der Waals surface area contributed by atoms with Crippen LogP contribution >= 0.6 is 0 Å². The van der Waals surface area contributed by atoms with Crippen LogP contribution < -0.4 is 10.6 Å². The van der Waals surface area contributed by atoms with E-state index in [4.69, 9.17) is 0 Å². The van der Waals surface area contributed by atoms with Crippen LogP contribution in [0.5, 0.6) is 0 Å². The third-order valence-electron chi connectivity index (χ3n) is 4.28. The Morgan fingerprint density at radius 2 is 1.78 bits per heavy atom. The van der Waals surface area contributed by atoms with Gasteiger partial charge in [0.05, 0.1) is 0 Å². The maximum absolute atomic E-state index is 12.8. The van der Waals surface area contributed by atoms with Crippen molar-refractivity contribution in [2.75, 3.05) is 11.9 Å². The fourth-order valence-electron chi connectivity index (χ4n) is 3.06. The molecule has 1 aliphatic carbocycles. The molecule has 2 rings (SSSR count). The molecule has 1 aromatic rings. The third kappa shape index (κ3) is 5.32. The average Bonchev–Trinajstić information content (AvgIpc) is 2.57. The number of amides is 2. The molecule has 1 aromatic carbocycles. The normalized spacial score (nSPS) is 16.6. The van der Waals surface area contributed by atoms with Gasteiger partial charge in [0, 0.05) is 18.3 Å². The van der Waals surface area contributed by atoms with Crippen LogP contribution in [0.15, 0.2) is 24.3 Å². The molecule has 1 saturated carbocycles. The van der Waals surface area contributed by atoms with E-state index in [1.165, 1.54) is 30.7 Å². The fourth-order valence-corrected chi connectivity index (χ4v) is 3.06. The van der Waals surface area contributed by atoms with Gasteiger partial charge < -0.3 is 15.7 Å². The standard InChI is InChI=1S/C17H23FN2O3/c18-13-6-8-14(9-7-13)19-16(22)17(23)20-15(10-11-21)12-4-2-1-3-5-12/h6-9,12,15,21H,1-5,10-11H2,(H,19,22)(H,20,23). The molecule has 1 fully saturated rings. The molecule has 0 radical (unpaired) electrons. The lowest BCUT2D eigenvalue weighted by Crippen LogP contribution is -2.46. The Labute approximate surface area is 135 Å². The van der Waals surface area contributed by atoms with E-state index in [9.17, 15) is 19.1 Å². The molecule has 0 aliphatic heterocycles. The van der Waals surface area contributed by atoms with Gasteiger partial charge in [0.25, 0.3) is 0 Å². The van der Waals surface area contributed by atoms with E-state index in [-0.39, 0.29) is 12.6 Å². The first-order valence-electron chi connectivity index (χ1n) is 8.08. The lowest BCUT2D eigenvalue weighted by Gasteiger charge is -2.30. The van der Waals surface area contributed by atoms with Gasteiger partial charge in [-0.15, -0.1) is 0 Å². The molecular weight excluding hydrogens is 299 g/mol. The smallest absolute Gasteiger partial charge is 0.313 e. The average molecular weight is 322 g/mol. The van der Waals surface area contributed by atoms with Crippen LogP contribution in [0, 0.1) is 11.7 Å². The van der Waals surface area contributed by atoms with E-state index >= 15 is 0 Å². The highest BCUT2D eigenvalue weighted by molar-refractivity contribution is 6.39. The lowest BCUT2D eigenvalue weighted by atomic mass is 9.82. The third-order valence-corrected chi connectivity index (χ3v) is 4.28. The number of nitrogens with one attached hydrogen (secondary N) is 2. The molecule has 1 unspecified atom stereocenters. The summed E-state index contributed by atoms with van der Waals surface area (Å²) in [7, 11) is 0. The van der Waals surface area contributed by atoms with Gasteiger partial charge in [0.15, 0.2) is 0 Å². The number of aliphatic hydroxyl groups is 1. The number of aliphatic hydroxyl groups excluding tert-OH is 1. The van der Waals surface area contributed by atoms with Crippen LogP contribution in [0.25, 0.3) is 0 Å². The van der Waals surface area contributed by atoms with Crippen molar-refractivity contribution in [3.8, 4) is 0 Å². The van der Waals surface area contributed by atoms with Crippen LogP contribution in [0.4, 0.5) is 10.1 Å². The minimum absolute atomic E-state index is 0.0268. The summed E-state index contributed by atoms with van der Waals surface area (Å²) in [4.78, 5) is 24.0. The number of carbonyl (C=O) groups is 2.